The van der Waals surface area contributed by atoms with Crippen LogP contribution in [-0.2, 0) is 13.3 Å². The molecule has 86 valence electrons. The van der Waals surface area contributed by atoms with E-state index < -0.39 is 0 Å². The van der Waals surface area contributed by atoms with Gasteiger partial charge in [0.25, 0.3) is 0 Å². The van der Waals surface area contributed by atoms with E-state index in [1.807, 2.05) is 6.26 Å². The van der Waals surface area contributed by atoms with Crippen molar-refractivity contribution in [2.75, 3.05) is 6.26 Å². The average Bonchev–Trinajstić information content (AvgIpc) is 2.67. The third kappa shape index (κ3) is 1.78. The smallest absolute Gasteiger partial charge is 0.190 e. The number of halogens is 1. The summed E-state index contributed by atoms with van der Waals surface area (Å²) >= 11 is 7.39. The molecule has 0 aromatic carbocycles. The molecule has 0 unspecified atom stereocenters. The third-order valence-electron chi connectivity index (χ3n) is 2.24. The number of fused-ring (bicyclic) bond motifs is 1. The van der Waals surface area contributed by atoms with Crippen LogP contribution in [0.1, 0.15) is 5.56 Å². The van der Waals surface area contributed by atoms with E-state index in [-0.39, 0.29) is 13.3 Å². The summed E-state index contributed by atoms with van der Waals surface area (Å²) in [5.74, 6) is 0. The zero-order valence-corrected chi connectivity index (χ0v) is 10.1. The lowest BCUT2D eigenvalue weighted by Gasteiger charge is -2.01. The second-order valence-electron chi connectivity index (χ2n) is 3.12. The Kier molecular flexibility index (Phi) is 3.34. The Morgan fingerprint density at radius 3 is 2.75 bits per heavy atom. The summed E-state index contributed by atoms with van der Waals surface area (Å²) in [6.45, 7) is -0.372. The highest BCUT2D eigenvalue weighted by molar-refractivity contribution is 7.98. The number of thioether (sulfide) groups is 1. The molecular weight excluding hydrogens is 250 g/mol. The first-order valence-corrected chi connectivity index (χ1v) is 6.12. The van der Waals surface area contributed by atoms with Gasteiger partial charge >= 0.3 is 0 Å². The molecule has 0 atom stereocenters. The Morgan fingerprint density at radius 2 is 2.19 bits per heavy atom. The molecular formula is C9H10ClN3O2S. The van der Waals surface area contributed by atoms with Gasteiger partial charge in [-0.3, -0.25) is 0 Å². The van der Waals surface area contributed by atoms with Gasteiger partial charge in [-0.05, 0) is 6.26 Å². The van der Waals surface area contributed by atoms with Gasteiger partial charge in [0.1, 0.15) is 17.5 Å². The second kappa shape index (κ2) is 4.58. The minimum absolute atomic E-state index is 0.162. The van der Waals surface area contributed by atoms with E-state index in [0.29, 0.717) is 26.9 Å². The first-order chi connectivity index (χ1) is 7.71. The highest BCUT2D eigenvalue weighted by Crippen LogP contribution is 2.28. The lowest BCUT2D eigenvalue weighted by atomic mass is 10.2. The monoisotopic (exact) mass is 259 g/mol. The molecule has 2 heterocycles. The Balaban J connectivity index is 2.79. The fraction of sp³-hybridized carbons (Fsp3) is 0.333. The molecule has 2 aromatic heterocycles. The van der Waals surface area contributed by atoms with Gasteiger partial charge in [0.2, 0.25) is 0 Å². The molecule has 7 heteroatoms. The molecule has 0 saturated heterocycles. The normalized spacial score (nSPS) is 11.2. The van der Waals surface area contributed by atoms with Crippen molar-refractivity contribution in [3.05, 3.63) is 16.9 Å². The number of nitrogens with zero attached hydrogens (tertiary/aromatic N) is 3. The van der Waals surface area contributed by atoms with E-state index in [2.05, 4.69) is 9.97 Å². The Labute approximate surface area is 101 Å². The van der Waals surface area contributed by atoms with Crippen molar-refractivity contribution in [2.24, 2.45) is 0 Å². The summed E-state index contributed by atoms with van der Waals surface area (Å²) in [6.07, 6.45) is 3.46. The minimum atomic E-state index is -0.211. The van der Waals surface area contributed by atoms with Gasteiger partial charge in [0.05, 0.1) is 12.0 Å². The molecule has 0 spiro atoms. The summed E-state index contributed by atoms with van der Waals surface area (Å²) in [5, 5.41) is 19.8. The van der Waals surface area contributed by atoms with Crippen LogP contribution in [0.4, 0.5) is 0 Å². The summed E-state index contributed by atoms with van der Waals surface area (Å²) in [5.41, 5.74) is 1.15. The molecule has 0 aliphatic heterocycles. The lowest BCUT2D eigenvalue weighted by Crippen LogP contribution is -1.97. The highest BCUT2D eigenvalue weighted by atomic mass is 35.5. The van der Waals surface area contributed by atoms with Gasteiger partial charge in [-0.1, -0.05) is 23.4 Å². The van der Waals surface area contributed by atoms with Crippen molar-refractivity contribution in [1.82, 2.24) is 14.5 Å². The second-order valence-corrected chi connectivity index (χ2v) is 4.25. The number of aliphatic hydroxyl groups excluding tert-OH is 2. The van der Waals surface area contributed by atoms with Crippen LogP contribution in [0.2, 0.25) is 5.15 Å². The first-order valence-electron chi connectivity index (χ1n) is 4.52. The van der Waals surface area contributed by atoms with Crippen LogP contribution in [0.15, 0.2) is 11.4 Å². The van der Waals surface area contributed by atoms with Crippen molar-refractivity contribution in [3.63, 3.8) is 0 Å². The van der Waals surface area contributed by atoms with Gasteiger partial charge in [-0.15, -0.1) is 0 Å². The fourth-order valence-corrected chi connectivity index (χ4v) is 2.22. The Morgan fingerprint density at radius 1 is 1.44 bits per heavy atom. The van der Waals surface area contributed by atoms with Gasteiger partial charge in [-0.2, -0.15) is 0 Å². The first kappa shape index (κ1) is 11.7. The average molecular weight is 260 g/mol. The van der Waals surface area contributed by atoms with Crippen molar-refractivity contribution in [1.29, 1.82) is 0 Å². The fourth-order valence-electron chi connectivity index (χ4n) is 1.52. The van der Waals surface area contributed by atoms with Crippen LogP contribution in [0.25, 0.3) is 11.0 Å². The van der Waals surface area contributed by atoms with Crippen molar-refractivity contribution in [2.45, 2.75) is 18.5 Å². The van der Waals surface area contributed by atoms with E-state index in [4.69, 9.17) is 16.7 Å². The van der Waals surface area contributed by atoms with Crippen molar-refractivity contribution >= 4 is 34.4 Å². The van der Waals surface area contributed by atoms with Gasteiger partial charge in [0, 0.05) is 11.8 Å². The molecule has 0 radical (unpaired) electrons. The molecule has 2 rings (SSSR count). The molecule has 2 N–H and O–H groups in total. The zero-order chi connectivity index (χ0) is 11.7. The molecule has 0 bridgehead atoms. The molecule has 2 aromatic rings. The topological polar surface area (TPSA) is 71.2 Å². The van der Waals surface area contributed by atoms with Crippen LogP contribution in [-0.4, -0.2) is 31.0 Å². The molecule has 0 amide bonds. The van der Waals surface area contributed by atoms with Crippen LogP contribution in [0.3, 0.4) is 0 Å². The molecule has 16 heavy (non-hydrogen) atoms. The maximum atomic E-state index is 9.18. The van der Waals surface area contributed by atoms with Crippen molar-refractivity contribution in [3.8, 4) is 0 Å². The zero-order valence-electron chi connectivity index (χ0n) is 8.51. The quantitative estimate of drug-likeness (QED) is 0.493. The predicted molar refractivity (Wildman–Crippen MR) is 62.5 cm³/mol. The van der Waals surface area contributed by atoms with E-state index in [0.717, 1.165) is 0 Å². The SMILES string of the molecule is CSc1nc(Cl)c2c(CO)cn(CO)c2n1. The number of aliphatic hydroxyl groups is 2. The number of aromatic nitrogens is 3. The summed E-state index contributed by atoms with van der Waals surface area (Å²) in [4.78, 5) is 8.34. The van der Waals surface area contributed by atoms with E-state index in [9.17, 15) is 5.11 Å². The Bertz CT molecular complexity index is 529. The summed E-state index contributed by atoms with van der Waals surface area (Å²) in [7, 11) is 0. The molecule has 0 saturated carbocycles. The highest BCUT2D eigenvalue weighted by Gasteiger charge is 2.14. The van der Waals surface area contributed by atoms with Crippen LogP contribution in [0.5, 0.6) is 0 Å². The number of hydrogen-bond acceptors (Lipinski definition) is 5. The van der Waals surface area contributed by atoms with E-state index >= 15 is 0 Å². The largest absolute Gasteiger partial charge is 0.392 e. The van der Waals surface area contributed by atoms with Gasteiger partial charge in [-0.25, -0.2) is 9.97 Å². The molecule has 5 nitrogen and oxygen atoms in total. The maximum Gasteiger partial charge on any atom is 0.190 e. The lowest BCUT2D eigenvalue weighted by molar-refractivity contribution is 0.213. The maximum absolute atomic E-state index is 9.18. The van der Waals surface area contributed by atoms with Gasteiger partial charge in [0.15, 0.2) is 5.16 Å². The molecule has 0 aliphatic rings. The number of rotatable bonds is 3. The Hall–Kier alpha value is -0.820. The molecule has 0 aliphatic carbocycles. The summed E-state index contributed by atoms with van der Waals surface area (Å²) in [6, 6.07) is 0. The van der Waals surface area contributed by atoms with Crippen LogP contribution in [0, 0.1) is 0 Å². The number of hydrogen-bond donors (Lipinski definition) is 2. The standard InChI is InChI=1S/C9H10ClN3O2S/c1-16-9-11-7(10)6-5(3-14)2-13(4-15)8(6)12-9/h2,14-15H,3-4H2,1H3. The summed E-state index contributed by atoms with van der Waals surface area (Å²) < 4.78 is 1.52. The molecule has 0 fully saturated rings. The van der Waals surface area contributed by atoms with Crippen LogP contribution < -0.4 is 0 Å². The van der Waals surface area contributed by atoms with Gasteiger partial charge < -0.3 is 14.8 Å². The van der Waals surface area contributed by atoms with E-state index in [1.165, 1.54) is 16.3 Å². The van der Waals surface area contributed by atoms with Crippen molar-refractivity contribution < 1.29 is 10.2 Å². The predicted octanol–water partition coefficient (Wildman–Crippen LogP) is 1.25. The van der Waals surface area contributed by atoms with Crippen LogP contribution >= 0.6 is 23.4 Å². The van der Waals surface area contributed by atoms with E-state index in [1.54, 1.807) is 6.20 Å². The minimum Gasteiger partial charge on any atom is -0.392 e. The third-order valence-corrected chi connectivity index (χ3v) is 3.06.